The number of likely N-dealkylation sites (N-methyl/N-ethyl adjacent to an activating group) is 1. The summed E-state index contributed by atoms with van der Waals surface area (Å²) in [6, 6.07) is 10.1. The van der Waals surface area contributed by atoms with Crippen LogP contribution in [0, 0.1) is 11.7 Å². The number of nitrogens with zero attached hydrogens (tertiary/aromatic N) is 1. The molecule has 1 saturated carbocycles. The zero-order valence-electron chi connectivity index (χ0n) is 22.3. The van der Waals surface area contributed by atoms with Gasteiger partial charge in [0.15, 0.2) is 0 Å². The summed E-state index contributed by atoms with van der Waals surface area (Å²) in [5.74, 6) is -0.236. The molecule has 3 aliphatic rings. The first-order valence-corrected chi connectivity index (χ1v) is 13.9. The molecular weight excluding hydrogens is 501 g/mol. The lowest BCUT2D eigenvalue weighted by atomic mass is 9.89. The smallest absolute Gasteiger partial charge is 0.257 e. The highest BCUT2D eigenvalue weighted by atomic mass is 19.1. The first kappa shape index (κ1) is 27.1. The molecular formula is C30H36FN3O5. The summed E-state index contributed by atoms with van der Waals surface area (Å²) < 4.78 is 25.8. The molecule has 2 aliphatic heterocycles. The van der Waals surface area contributed by atoms with Crippen LogP contribution in [0.4, 0.5) is 10.1 Å². The molecule has 2 aromatic carbocycles. The number of ether oxygens (including phenoxy) is 2. The van der Waals surface area contributed by atoms with Gasteiger partial charge in [-0.15, -0.1) is 0 Å². The van der Waals surface area contributed by atoms with Gasteiger partial charge in [0.25, 0.3) is 11.8 Å². The van der Waals surface area contributed by atoms with E-state index in [-0.39, 0.29) is 42.2 Å². The van der Waals surface area contributed by atoms with Crippen molar-refractivity contribution in [1.82, 2.24) is 10.2 Å². The third kappa shape index (κ3) is 6.58. The molecule has 208 valence electrons. The van der Waals surface area contributed by atoms with Crippen molar-refractivity contribution in [3.8, 4) is 5.75 Å². The molecule has 0 bridgehead atoms. The fourth-order valence-electron chi connectivity index (χ4n) is 5.87. The highest BCUT2D eigenvalue weighted by molar-refractivity contribution is 6.05. The zero-order chi connectivity index (χ0) is 27.4. The molecule has 0 radical (unpaired) electrons. The summed E-state index contributed by atoms with van der Waals surface area (Å²) in [6.45, 7) is 0.976. The van der Waals surface area contributed by atoms with Crippen molar-refractivity contribution in [2.75, 3.05) is 25.5 Å². The van der Waals surface area contributed by atoms with Gasteiger partial charge in [0.1, 0.15) is 24.3 Å². The Bertz CT molecular complexity index is 1210. The zero-order valence-corrected chi connectivity index (χ0v) is 22.3. The van der Waals surface area contributed by atoms with E-state index in [1.807, 2.05) is 0 Å². The van der Waals surface area contributed by atoms with Gasteiger partial charge < -0.3 is 25.0 Å². The standard InChI is InChI=1S/C30H36FN3O5/c1-34-25-12-11-23(16-28(35)32-17-19-6-3-2-4-7-19)39-27(25)18-38-26-13-10-22(15-24(26)30(34)37)33-29(36)20-8-5-9-21(31)14-20/h5,8-10,13-15,19,23,25,27H,2-4,6-7,11-12,16-18H2,1H3,(H,32,35)(H,33,36)/t23-,25+,27-/m1/s1. The van der Waals surface area contributed by atoms with Gasteiger partial charge in [0, 0.05) is 24.8 Å². The second-order valence-corrected chi connectivity index (χ2v) is 10.9. The topological polar surface area (TPSA) is 97.0 Å². The summed E-state index contributed by atoms with van der Waals surface area (Å²) in [5.41, 5.74) is 0.919. The Hall–Kier alpha value is -3.46. The number of nitrogens with one attached hydrogen (secondary N) is 2. The van der Waals surface area contributed by atoms with E-state index in [4.69, 9.17) is 9.47 Å². The predicted molar refractivity (Wildman–Crippen MR) is 144 cm³/mol. The van der Waals surface area contributed by atoms with Crippen LogP contribution in [-0.4, -0.2) is 61.1 Å². The molecule has 0 aromatic heterocycles. The van der Waals surface area contributed by atoms with Crippen molar-refractivity contribution < 1.29 is 28.2 Å². The van der Waals surface area contributed by atoms with Crippen LogP contribution in [0.25, 0.3) is 0 Å². The molecule has 2 aromatic rings. The summed E-state index contributed by atoms with van der Waals surface area (Å²) in [5, 5.41) is 5.82. The van der Waals surface area contributed by atoms with Crippen LogP contribution < -0.4 is 15.4 Å². The molecule has 2 N–H and O–H groups in total. The molecule has 1 saturated heterocycles. The van der Waals surface area contributed by atoms with Crippen molar-refractivity contribution in [2.24, 2.45) is 5.92 Å². The van der Waals surface area contributed by atoms with E-state index >= 15 is 0 Å². The first-order valence-electron chi connectivity index (χ1n) is 13.9. The SMILES string of the molecule is CN1C(=O)c2cc(NC(=O)c3cccc(F)c3)ccc2OC[C@H]2O[C@@H](CC(=O)NCC3CCCCC3)CC[C@@H]21. The lowest BCUT2D eigenvalue weighted by Crippen LogP contribution is -2.54. The number of benzene rings is 2. The van der Waals surface area contributed by atoms with Gasteiger partial charge in [0.2, 0.25) is 5.91 Å². The van der Waals surface area contributed by atoms with Crippen LogP contribution in [-0.2, 0) is 9.53 Å². The Morgan fingerprint density at radius 2 is 1.87 bits per heavy atom. The molecule has 3 atom stereocenters. The minimum Gasteiger partial charge on any atom is -0.490 e. The van der Waals surface area contributed by atoms with Crippen LogP contribution in [0.2, 0.25) is 0 Å². The molecule has 8 nitrogen and oxygen atoms in total. The minimum absolute atomic E-state index is 0.0124. The molecule has 2 heterocycles. The van der Waals surface area contributed by atoms with Crippen molar-refractivity contribution in [1.29, 1.82) is 0 Å². The molecule has 39 heavy (non-hydrogen) atoms. The third-order valence-electron chi connectivity index (χ3n) is 8.08. The number of hydrogen-bond acceptors (Lipinski definition) is 5. The molecule has 1 aliphatic carbocycles. The van der Waals surface area contributed by atoms with E-state index in [0.29, 0.717) is 42.2 Å². The lowest BCUT2D eigenvalue weighted by Gasteiger charge is -2.42. The highest BCUT2D eigenvalue weighted by Crippen LogP contribution is 2.33. The van der Waals surface area contributed by atoms with Crippen molar-refractivity contribution in [3.05, 3.63) is 59.4 Å². The van der Waals surface area contributed by atoms with Gasteiger partial charge in [0.05, 0.1) is 24.1 Å². The van der Waals surface area contributed by atoms with Crippen LogP contribution in [0.1, 0.15) is 72.1 Å². The molecule has 2 fully saturated rings. The molecule has 0 spiro atoms. The fraction of sp³-hybridized carbons (Fsp3) is 0.500. The lowest BCUT2D eigenvalue weighted by molar-refractivity contribution is -0.134. The first-order chi connectivity index (χ1) is 18.9. The number of halogens is 1. The van der Waals surface area contributed by atoms with Gasteiger partial charge in [-0.25, -0.2) is 4.39 Å². The normalized spacial score (nSPS) is 23.5. The van der Waals surface area contributed by atoms with Crippen molar-refractivity contribution in [2.45, 2.75) is 69.6 Å². The van der Waals surface area contributed by atoms with Crippen LogP contribution in [0.3, 0.4) is 0 Å². The Morgan fingerprint density at radius 1 is 1.05 bits per heavy atom. The van der Waals surface area contributed by atoms with Gasteiger partial charge >= 0.3 is 0 Å². The van der Waals surface area contributed by atoms with Crippen LogP contribution >= 0.6 is 0 Å². The molecule has 0 unspecified atom stereocenters. The molecule has 3 amide bonds. The number of hydrogen-bond donors (Lipinski definition) is 2. The summed E-state index contributed by atoms with van der Waals surface area (Å²) in [4.78, 5) is 40.3. The number of carbonyl (C=O) groups is 3. The Morgan fingerprint density at radius 3 is 2.67 bits per heavy atom. The second-order valence-electron chi connectivity index (χ2n) is 10.9. The number of carbonyl (C=O) groups excluding carboxylic acids is 3. The minimum atomic E-state index is -0.502. The van der Waals surface area contributed by atoms with E-state index in [0.717, 1.165) is 12.6 Å². The van der Waals surface area contributed by atoms with Crippen LogP contribution in [0.15, 0.2) is 42.5 Å². The largest absolute Gasteiger partial charge is 0.490 e. The summed E-state index contributed by atoms with van der Waals surface area (Å²) in [6.07, 6.45) is 7.25. The van der Waals surface area contributed by atoms with Gasteiger partial charge in [-0.2, -0.15) is 0 Å². The number of anilines is 1. The van der Waals surface area contributed by atoms with Gasteiger partial charge in [-0.05, 0) is 68.0 Å². The average molecular weight is 538 g/mol. The van der Waals surface area contributed by atoms with Crippen molar-refractivity contribution >= 4 is 23.4 Å². The number of fused-ring (bicyclic) bond motifs is 2. The van der Waals surface area contributed by atoms with Crippen molar-refractivity contribution in [3.63, 3.8) is 0 Å². The fourth-order valence-corrected chi connectivity index (χ4v) is 5.87. The van der Waals surface area contributed by atoms with Gasteiger partial charge in [-0.1, -0.05) is 25.3 Å². The van der Waals surface area contributed by atoms with E-state index in [1.165, 1.54) is 50.3 Å². The average Bonchev–Trinajstić information content (AvgIpc) is 2.94. The Labute approximate surface area is 228 Å². The summed E-state index contributed by atoms with van der Waals surface area (Å²) in [7, 11) is 1.74. The van der Waals surface area contributed by atoms with Crippen LogP contribution in [0.5, 0.6) is 5.75 Å². The van der Waals surface area contributed by atoms with E-state index in [1.54, 1.807) is 30.1 Å². The number of amides is 3. The Kier molecular flexibility index (Phi) is 8.45. The van der Waals surface area contributed by atoms with Gasteiger partial charge in [-0.3, -0.25) is 14.4 Å². The van der Waals surface area contributed by atoms with E-state index in [9.17, 15) is 18.8 Å². The monoisotopic (exact) mass is 537 g/mol. The predicted octanol–water partition coefficient (Wildman–Crippen LogP) is 4.55. The molecule has 5 rings (SSSR count). The molecule has 9 heteroatoms. The second kappa shape index (κ2) is 12.2. The number of rotatable bonds is 6. The maximum atomic E-state index is 13.5. The highest BCUT2D eigenvalue weighted by Gasteiger charge is 2.39. The third-order valence-corrected chi connectivity index (χ3v) is 8.08. The maximum Gasteiger partial charge on any atom is 0.257 e. The quantitative estimate of drug-likeness (QED) is 0.564. The summed E-state index contributed by atoms with van der Waals surface area (Å²) >= 11 is 0. The maximum absolute atomic E-state index is 13.5. The Balaban J connectivity index is 1.21. The van der Waals surface area contributed by atoms with E-state index in [2.05, 4.69) is 10.6 Å². The van der Waals surface area contributed by atoms with E-state index < -0.39 is 11.7 Å².